The van der Waals surface area contributed by atoms with Gasteiger partial charge in [-0.2, -0.15) is 0 Å². The number of benzene rings is 1. The van der Waals surface area contributed by atoms with Gasteiger partial charge in [0.05, 0.1) is 31.1 Å². The van der Waals surface area contributed by atoms with Gasteiger partial charge in [-0.05, 0) is 38.8 Å². The first-order chi connectivity index (χ1) is 16.8. The van der Waals surface area contributed by atoms with Crippen LogP contribution in [-0.2, 0) is 14.3 Å². The van der Waals surface area contributed by atoms with Gasteiger partial charge < -0.3 is 24.8 Å². The summed E-state index contributed by atoms with van der Waals surface area (Å²) in [4.78, 5) is 44.9. The maximum Gasteiger partial charge on any atom is 0.420 e. The van der Waals surface area contributed by atoms with Gasteiger partial charge in [-0.15, -0.1) is 0 Å². The smallest absolute Gasteiger partial charge is 0.420 e. The van der Waals surface area contributed by atoms with Crippen molar-refractivity contribution in [3.8, 4) is 11.3 Å². The summed E-state index contributed by atoms with van der Waals surface area (Å²) in [7, 11) is 1.22. The molecule has 196 valence electrons. The SMILES string of the molecule is COC(=O)N[C@H](C(=O)N1CC(O)C[C@H]1c1ncc(-c2ccc(Br)cc2)n1C(=O)OC(C)(C)C)C(C)C. The normalized spacial score (nSPS) is 18.8. The fourth-order valence-corrected chi connectivity index (χ4v) is 4.37. The molecule has 10 nitrogen and oxygen atoms in total. The standard InChI is InChI=1S/C25H33BrN4O6/c1-14(2)20(28-23(33)35-6)22(32)29-13-17(31)11-18(29)21-27-12-19(15-7-9-16(26)10-8-15)30(21)24(34)36-25(3,4)5/h7-10,12,14,17-18,20,31H,11,13H2,1-6H3,(H,28,33)/t17?,18-,20-/m0/s1. The number of aromatic nitrogens is 2. The summed E-state index contributed by atoms with van der Waals surface area (Å²) in [6.07, 6.45) is -0.470. The predicted molar refractivity (Wildman–Crippen MR) is 136 cm³/mol. The number of hydrogen-bond acceptors (Lipinski definition) is 7. The number of aliphatic hydroxyl groups excluding tert-OH is 1. The first kappa shape index (κ1) is 27.7. The highest BCUT2D eigenvalue weighted by atomic mass is 79.9. The Morgan fingerprint density at radius 3 is 2.39 bits per heavy atom. The Hall–Kier alpha value is -2.92. The van der Waals surface area contributed by atoms with Crippen molar-refractivity contribution in [2.24, 2.45) is 5.92 Å². The number of imidazole rings is 1. The third-order valence-corrected chi connectivity index (χ3v) is 6.29. The maximum absolute atomic E-state index is 13.6. The van der Waals surface area contributed by atoms with Gasteiger partial charge in [-0.3, -0.25) is 4.79 Å². The number of nitrogens with zero attached hydrogens (tertiary/aromatic N) is 3. The van der Waals surface area contributed by atoms with Crippen molar-refractivity contribution in [2.45, 2.75) is 64.8 Å². The van der Waals surface area contributed by atoms with Crippen molar-refractivity contribution >= 4 is 34.0 Å². The van der Waals surface area contributed by atoms with E-state index in [4.69, 9.17) is 4.74 Å². The molecule has 1 aliphatic rings. The number of aliphatic hydroxyl groups is 1. The number of rotatable bonds is 5. The van der Waals surface area contributed by atoms with Gasteiger partial charge in [-0.25, -0.2) is 19.1 Å². The molecule has 1 unspecified atom stereocenters. The fraction of sp³-hybridized carbons (Fsp3) is 0.520. The molecule has 1 aromatic heterocycles. The molecule has 0 radical (unpaired) electrons. The summed E-state index contributed by atoms with van der Waals surface area (Å²) in [5, 5.41) is 13.1. The number of β-amino-alcohol motifs (C(OH)–C–C–N with tert-alkyl or cyclic N) is 1. The summed E-state index contributed by atoms with van der Waals surface area (Å²) in [6.45, 7) is 8.93. The molecule has 1 aliphatic heterocycles. The Bertz CT molecular complexity index is 1110. The van der Waals surface area contributed by atoms with Crippen LogP contribution in [0.2, 0.25) is 0 Å². The highest BCUT2D eigenvalue weighted by molar-refractivity contribution is 9.10. The van der Waals surface area contributed by atoms with Crippen molar-refractivity contribution in [3.63, 3.8) is 0 Å². The van der Waals surface area contributed by atoms with E-state index in [0.29, 0.717) is 5.69 Å². The van der Waals surface area contributed by atoms with Crippen LogP contribution in [0.25, 0.3) is 11.3 Å². The van der Waals surface area contributed by atoms with E-state index in [0.717, 1.165) is 10.0 Å². The first-order valence-electron chi connectivity index (χ1n) is 11.7. The van der Waals surface area contributed by atoms with Crippen molar-refractivity contribution < 1.29 is 29.0 Å². The van der Waals surface area contributed by atoms with E-state index in [1.54, 1.807) is 40.8 Å². The molecule has 2 aromatic rings. The topological polar surface area (TPSA) is 123 Å². The minimum Gasteiger partial charge on any atom is -0.453 e. The van der Waals surface area contributed by atoms with E-state index in [-0.39, 0.29) is 24.7 Å². The number of nitrogens with one attached hydrogen (secondary N) is 1. The zero-order valence-electron chi connectivity index (χ0n) is 21.3. The molecule has 1 aromatic carbocycles. The lowest BCUT2D eigenvalue weighted by atomic mass is 10.0. The molecule has 0 spiro atoms. The number of carbonyl (C=O) groups is 3. The molecule has 2 N–H and O–H groups in total. The van der Waals surface area contributed by atoms with Crippen LogP contribution in [-0.4, -0.2) is 69.1 Å². The lowest BCUT2D eigenvalue weighted by Gasteiger charge is -2.30. The number of likely N-dealkylation sites (tertiary alicyclic amines) is 1. The summed E-state index contributed by atoms with van der Waals surface area (Å²) < 4.78 is 12.6. The minimum atomic E-state index is -0.888. The fourth-order valence-electron chi connectivity index (χ4n) is 4.11. The summed E-state index contributed by atoms with van der Waals surface area (Å²) in [6, 6.07) is 5.77. The Morgan fingerprint density at radius 2 is 1.83 bits per heavy atom. The van der Waals surface area contributed by atoms with Gasteiger partial charge >= 0.3 is 12.2 Å². The quantitative estimate of drug-likeness (QED) is 0.560. The molecule has 2 amide bonds. The molecule has 1 fully saturated rings. The lowest BCUT2D eigenvalue weighted by molar-refractivity contribution is -0.135. The van der Waals surface area contributed by atoms with E-state index < -0.39 is 41.9 Å². The van der Waals surface area contributed by atoms with Gasteiger partial charge in [0.25, 0.3) is 0 Å². The second-order valence-electron chi connectivity index (χ2n) is 10.1. The van der Waals surface area contributed by atoms with Crippen LogP contribution in [0.3, 0.4) is 0 Å². The van der Waals surface area contributed by atoms with Gasteiger partial charge in [0.2, 0.25) is 5.91 Å². The van der Waals surface area contributed by atoms with Gasteiger partial charge in [0.15, 0.2) is 0 Å². The number of amides is 2. The van der Waals surface area contributed by atoms with E-state index in [1.807, 2.05) is 24.3 Å². The van der Waals surface area contributed by atoms with Crippen LogP contribution in [0.4, 0.5) is 9.59 Å². The van der Waals surface area contributed by atoms with Crippen LogP contribution in [0.5, 0.6) is 0 Å². The van der Waals surface area contributed by atoms with Crippen molar-refractivity contribution in [2.75, 3.05) is 13.7 Å². The molecule has 3 rings (SSSR count). The Kier molecular flexibility index (Phi) is 8.45. The number of carbonyl (C=O) groups excluding carboxylic acids is 3. The first-order valence-corrected chi connectivity index (χ1v) is 12.5. The second kappa shape index (κ2) is 11.0. The average Bonchev–Trinajstić information content (AvgIpc) is 3.39. The lowest BCUT2D eigenvalue weighted by Crippen LogP contribution is -2.51. The van der Waals surface area contributed by atoms with E-state index >= 15 is 0 Å². The van der Waals surface area contributed by atoms with Crippen molar-refractivity contribution in [3.05, 3.63) is 40.8 Å². The highest BCUT2D eigenvalue weighted by Gasteiger charge is 2.43. The third kappa shape index (κ3) is 6.25. The van der Waals surface area contributed by atoms with E-state index in [9.17, 15) is 19.5 Å². The average molecular weight is 565 g/mol. The van der Waals surface area contributed by atoms with Crippen LogP contribution >= 0.6 is 15.9 Å². The second-order valence-corrected chi connectivity index (χ2v) is 11.0. The number of hydrogen-bond donors (Lipinski definition) is 2. The van der Waals surface area contributed by atoms with Gasteiger partial charge in [0, 0.05) is 23.0 Å². The Morgan fingerprint density at radius 1 is 1.19 bits per heavy atom. The molecule has 11 heteroatoms. The van der Waals surface area contributed by atoms with Crippen LogP contribution < -0.4 is 5.32 Å². The number of halogens is 1. The number of alkyl carbamates (subject to hydrolysis) is 1. The highest BCUT2D eigenvalue weighted by Crippen LogP contribution is 2.35. The van der Waals surface area contributed by atoms with Crippen LogP contribution in [0.1, 0.15) is 52.9 Å². The molecule has 36 heavy (non-hydrogen) atoms. The molecule has 2 heterocycles. The zero-order chi connectivity index (χ0) is 26.8. The van der Waals surface area contributed by atoms with Gasteiger partial charge in [-0.1, -0.05) is 41.9 Å². The molecular formula is C25H33BrN4O6. The van der Waals surface area contributed by atoms with Crippen molar-refractivity contribution in [1.82, 2.24) is 19.8 Å². The largest absolute Gasteiger partial charge is 0.453 e. The maximum atomic E-state index is 13.6. The molecule has 1 saturated heterocycles. The van der Waals surface area contributed by atoms with Gasteiger partial charge in [0.1, 0.15) is 17.5 Å². The summed E-state index contributed by atoms with van der Waals surface area (Å²) >= 11 is 3.42. The molecule has 0 saturated carbocycles. The monoisotopic (exact) mass is 564 g/mol. The number of methoxy groups -OCH3 is 1. The summed E-state index contributed by atoms with van der Waals surface area (Å²) in [5.74, 6) is -0.382. The number of ether oxygens (including phenoxy) is 2. The van der Waals surface area contributed by atoms with Crippen LogP contribution in [0, 0.1) is 5.92 Å². The zero-order valence-corrected chi connectivity index (χ0v) is 22.9. The van der Waals surface area contributed by atoms with Crippen molar-refractivity contribution in [1.29, 1.82) is 0 Å². The van der Waals surface area contributed by atoms with Crippen LogP contribution in [0.15, 0.2) is 34.9 Å². The Balaban J connectivity index is 2.07. The van der Waals surface area contributed by atoms with E-state index in [2.05, 4.69) is 31.0 Å². The Labute approximate surface area is 219 Å². The van der Waals surface area contributed by atoms with E-state index in [1.165, 1.54) is 16.6 Å². The molecule has 0 aliphatic carbocycles. The molecule has 0 bridgehead atoms. The third-order valence-electron chi connectivity index (χ3n) is 5.76. The minimum absolute atomic E-state index is 0.0321. The predicted octanol–water partition coefficient (Wildman–Crippen LogP) is 4.11. The summed E-state index contributed by atoms with van der Waals surface area (Å²) in [5.41, 5.74) is 0.452. The molecule has 3 atom stereocenters. The molecular weight excluding hydrogens is 532 g/mol.